The Hall–Kier alpha value is -0.910. The average molecular weight is 306 g/mol. The molecule has 1 N–H and O–H groups in total. The van der Waals surface area contributed by atoms with Crippen molar-refractivity contribution in [3.63, 3.8) is 0 Å². The van der Waals surface area contributed by atoms with E-state index in [1.807, 2.05) is 12.5 Å². The predicted molar refractivity (Wildman–Crippen MR) is 87.7 cm³/mol. The van der Waals surface area contributed by atoms with Gasteiger partial charge in [0.05, 0.1) is 18.1 Å². The molecule has 0 radical (unpaired) electrons. The highest BCUT2D eigenvalue weighted by Gasteiger charge is 2.44. The molecule has 2 fully saturated rings. The molecule has 1 aromatic heterocycles. The highest BCUT2D eigenvalue weighted by Crippen LogP contribution is 2.38. The Balaban J connectivity index is 1.71. The van der Waals surface area contributed by atoms with Crippen LogP contribution < -0.4 is 0 Å². The van der Waals surface area contributed by atoms with Crippen molar-refractivity contribution in [1.82, 2.24) is 19.4 Å². The highest BCUT2D eigenvalue weighted by molar-refractivity contribution is 5.03. The Morgan fingerprint density at radius 2 is 2.18 bits per heavy atom. The number of piperidine rings is 2. The third-order valence-electron chi connectivity index (χ3n) is 5.45. The van der Waals surface area contributed by atoms with Crippen LogP contribution in [0.5, 0.6) is 0 Å². The summed E-state index contributed by atoms with van der Waals surface area (Å²) in [6, 6.07) is 0.447. The lowest BCUT2D eigenvalue weighted by molar-refractivity contribution is -0.0811. The van der Waals surface area contributed by atoms with E-state index in [0.29, 0.717) is 6.04 Å². The molecule has 2 aliphatic rings. The molecule has 1 aromatic rings. The Morgan fingerprint density at radius 3 is 2.95 bits per heavy atom. The van der Waals surface area contributed by atoms with Gasteiger partial charge in [-0.3, -0.25) is 4.90 Å². The lowest BCUT2D eigenvalue weighted by Gasteiger charge is -2.50. The minimum atomic E-state index is -0.151. The van der Waals surface area contributed by atoms with Gasteiger partial charge in [0.15, 0.2) is 0 Å². The molecule has 0 bridgehead atoms. The summed E-state index contributed by atoms with van der Waals surface area (Å²) in [5.74, 6) is 0. The minimum Gasteiger partial charge on any atom is -0.392 e. The van der Waals surface area contributed by atoms with Gasteiger partial charge in [0.1, 0.15) is 0 Å². The van der Waals surface area contributed by atoms with Crippen LogP contribution in [0.25, 0.3) is 0 Å². The molecular formula is C17H30N4O. The van der Waals surface area contributed by atoms with Crippen LogP contribution in [0.3, 0.4) is 0 Å². The topological polar surface area (TPSA) is 44.5 Å². The van der Waals surface area contributed by atoms with Crippen molar-refractivity contribution in [1.29, 1.82) is 0 Å². The first kappa shape index (κ1) is 16.0. The van der Waals surface area contributed by atoms with Crippen LogP contribution in [0.1, 0.15) is 44.8 Å². The number of imidazole rings is 1. The normalized spacial score (nSPS) is 31.2. The van der Waals surface area contributed by atoms with Gasteiger partial charge in [0, 0.05) is 43.8 Å². The highest BCUT2D eigenvalue weighted by atomic mass is 16.3. The van der Waals surface area contributed by atoms with Crippen LogP contribution in [0.2, 0.25) is 0 Å². The Kier molecular flexibility index (Phi) is 4.57. The van der Waals surface area contributed by atoms with Crippen molar-refractivity contribution in [3.8, 4) is 0 Å². The van der Waals surface area contributed by atoms with E-state index in [4.69, 9.17) is 0 Å². The zero-order chi connectivity index (χ0) is 15.7. The molecule has 22 heavy (non-hydrogen) atoms. The number of aliphatic hydroxyl groups is 1. The predicted octanol–water partition coefficient (Wildman–Crippen LogP) is 1.74. The summed E-state index contributed by atoms with van der Waals surface area (Å²) in [6.07, 6.45) is 7.02. The fourth-order valence-corrected chi connectivity index (χ4v) is 4.31. The number of hydrogen-bond acceptors (Lipinski definition) is 4. The lowest BCUT2D eigenvalue weighted by Crippen LogP contribution is -2.58. The average Bonchev–Trinajstić information content (AvgIpc) is 2.92. The molecule has 3 rings (SSSR count). The maximum atomic E-state index is 10.6. The summed E-state index contributed by atoms with van der Waals surface area (Å²) >= 11 is 0. The zero-order valence-electron chi connectivity index (χ0n) is 14.2. The van der Waals surface area contributed by atoms with Gasteiger partial charge >= 0.3 is 0 Å². The number of aliphatic hydroxyl groups excluding tert-OH is 1. The number of nitrogens with zero attached hydrogens (tertiary/aromatic N) is 4. The van der Waals surface area contributed by atoms with Crippen LogP contribution in [-0.4, -0.2) is 63.8 Å². The molecule has 0 amide bonds. The molecule has 0 aromatic carbocycles. The van der Waals surface area contributed by atoms with Gasteiger partial charge in [-0.1, -0.05) is 0 Å². The third-order valence-corrected chi connectivity index (χ3v) is 5.45. The second kappa shape index (κ2) is 6.30. The SMILES string of the molecule is CC(C)n1cncc1CN1CCC[C@]2(CN(C)CC[C@@H]2O)C1. The van der Waals surface area contributed by atoms with Gasteiger partial charge in [-0.2, -0.15) is 0 Å². The van der Waals surface area contributed by atoms with Crippen LogP contribution in [0.4, 0.5) is 0 Å². The van der Waals surface area contributed by atoms with Crippen molar-refractivity contribution < 1.29 is 5.11 Å². The summed E-state index contributed by atoms with van der Waals surface area (Å²) in [5.41, 5.74) is 1.35. The molecule has 0 unspecified atom stereocenters. The van der Waals surface area contributed by atoms with E-state index in [1.54, 1.807) is 0 Å². The summed E-state index contributed by atoms with van der Waals surface area (Å²) in [5, 5.41) is 10.6. The van der Waals surface area contributed by atoms with E-state index in [2.05, 4.69) is 40.2 Å². The molecule has 5 nitrogen and oxygen atoms in total. The van der Waals surface area contributed by atoms with Crippen molar-refractivity contribution in [3.05, 3.63) is 18.2 Å². The van der Waals surface area contributed by atoms with E-state index in [9.17, 15) is 5.11 Å². The van der Waals surface area contributed by atoms with Crippen molar-refractivity contribution >= 4 is 0 Å². The first-order valence-electron chi connectivity index (χ1n) is 8.60. The second-order valence-corrected chi connectivity index (χ2v) is 7.60. The summed E-state index contributed by atoms with van der Waals surface area (Å²) in [4.78, 5) is 9.22. The second-order valence-electron chi connectivity index (χ2n) is 7.60. The molecule has 124 valence electrons. The number of aromatic nitrogens is 2. The van der Waals surface area contributed by atoms with E-state index in [0.717, 1.165) is 45.6 Å². The molecule has 5 heteroatoms. The van der Waals surface area contributed by atoms with Gasteiger partial charge in [0.2, 0.25) is 0 Å². The van der Waals surface area contributed by atoms with E-state index in [1.165, 1.54) is 12.1 Å². The Labute approximate surface area is 133 Å². The standard InChI is InChI=1S/C17H30N4O/c1-14(2)21-13-18-9-15(21)10-20-7-4-6-17(12-20)11-19(3)8-5-16(17)22/h9,13-14,16,22H,4-8,10-12H2,1-3H3/t16-,17-/m0/s1. The van der Waals surface area contributed by atoms with Gasteiger partial charge in [-0.15, -0.1) is 0 Å². The summed E-state index contributed by atoms with van der Waals surface area (Å²) in [6.45, 7) is 9.50. The van der Waals surface area contributed by atoms with Gasteiger partial charge in [0.25, 0.3) is 0 Å². The smallest absolute Gasteiger partial charge is 0.0951 e. The monoisotopic (exact) mass is 306 g/mol. The minimum absolute atomic E-state index is 0.0634. The van der Waals surface area contributed by atoms with E-state index in [-0.39, 0.29) is 11.5 Å². The lowest BCUT2D eigenvalue weighted by atomic mass is 9.71. The number of hydrogen-bond donors (Lipinski definition) is 1. The largest absolute Gasteiger partial charge is 0.392 e. The molecule has 0 saturated carbocycles. The molecule has 1 spiro atoms. The number of likely N-dealkylation sites (tertiary alicyclic amines) is 2. The maximum absolute atomic E-state index is 10.6. The van der Waals surface area contributed by atoms with E-state index < -0.39 is 0 Å². The van der Waals surface area contributed by atoms with Crippen LogP contribution in [-0.2, 0) is 6.54 Å². The first-order valence-corrected chi connectivity index (χ1v) is 8.60. The van der Waals surface area contributed by atoms with Crippen molar-refractivity contribution in [2.45, 2.75) is 51.8 Å². The quantitative estimate of drug-likeness (QED) is 0.924. The third kappa shape index (κ3) is 3.07. The molecular weight excluding hydrogens is 276 g/mol. The molecule has 2 saturated heterocycles. The van der Waals surface area contributed by atoms with Gasteiger partial charge in [-0.25, -0.2) is 4.98 Å². The van der Waals surface area contributed by atoms with Crippen LogP contribution in [0, 0.1) is 5.41 Å². The molecule has 2 aliphatic heterocycles. The summed E-state index contributed by atoms with van der Waals surface area (Å²) in [7, 11) is 2.18. The number of rotatable bonds is 3. The Morgan fingerprint density at radius 1 is 1.36 bits per heavy atom. The molecule has 3 heterocycles. The van der Waals surface area contributed by atoms with Crippen LogP contribution in [0.15, 0.2) is 12.5 Å². The zero-order valence-corrected chi connectivity index (χ0v) is 14.2. The molecule has 2 atom stereocenters. The van der Waals surface area contributed by atoms with Gasteiger partial charge < -0.3 is 14.6 Å². The Bertz CT molecular complexity index is 501. The maximum Gasteiger partial charge on any atom is 0.0951 e. The van der Waals surface area contributed by atoms with Crippen LogP contribution >= 0.6 is 0 Å². The fraction of sp³-hybridized carbons (Fsp3) is 0.824. The van der Waals surface area contributed by atoms with Gasteiger partial charge in [-0.05, 0) is 46.7 Å². The molecule has 0 aliphatic carbocycles. The fourth-order valence-electron chi connectivity index (χ4n) is 4.31. The van der Waals surface area contributed by atoms with Crippen molar-refractivity contribution in [2.75, 3.05) is 33.2 Å². The first-order chi connectivity index (χ1) is 10.5. The summed E-state index contributed by atoms with van der Waals surface area (Å²) < 4.78 is 2.25. The van der Waals surface area contributed by atoms with E-state index >= 15 is 0 Å². The van der Waals surface area contributed by atoms with Crippen molar-refractivity contribution in [2.24, 2.45) is 5.41 Å².